The Kier molecular flexibility index (Phi) is 4.18. The number of nitrogens with zero attached hydrogens (tertiary/aromatic N) is 2. The number of para-hydroxylation sites is 1. The van der Waals surface area contributed by atoms with Crippen molar-refractivity contribution < 1.29 is 19.4 Å². The number of rotatable bonds is 4. The van der Waals surface area contributed by atoms with Crippen molar-refractivity contribution >= 4 is 17.6 Å². The molecule has 1 aromatic heterocycles. The molecule has 0 unspecified atom stereocenters. The fourth-order valence-electron chi connectivity index (χ4n) is 1.97. The van der Waals surface area contributed by atoms with Crippen molar-refractivity contribution in [3.8, 4) is 5.75 Å². The van der Waals surface area contributed by atoms with E-state index in [1.807, 2.05) is 0 Å². The summed E-state index contributed by atoms with van der Waals surface area (Å²) in [6.07, 6.45) is 3.04. The number of carboxylic acid groups (broad SMARTS) is 1. The summed E-state index contributed by atoms with van der Waals surface area (Å²) in [4.78, 5) is 28.8. The molecule has 108 valence electrons. The summed E-state index contributed by atoms with van der Waals surface area (Å²) in [5, 5.41) is 9.17. The monoisotopic (exact) mass is 286 g/mol. The predicted octanol–water partition coefficient (Wildman–Crippen LogP) is 2.06. The van der Waals surface area contributed by atoms with Crippen molar-refractivity contribution in [2.75, 3.05) is 19.1 Å². The van der Waals surface area contributed by atoms with Crippen molar-refractivity contribution in [3.05, 3.63) is 53.9 Å². The number of carbonyl (C=O) groups is 2. The van der Waals surface area contributed by atoms with Crippen LogP contribution in [0.3, 0.4) is 0 Å². The highest BCUT2D eigenvalue weighted by Crippen LogP contribution is 2.32. The van der Waals surface area contributed by atoms with Crippen LogP contribution in [-0.2, 0) is 0 Å². The van der Waals surface area contributed by atoms with Gasteiger partial charge in [-0.15, -0.1) is 0 Å². The van der Waals surface area contributed by atoms with Crippen LogP contribution in [0.5, 0.6) is 5.75 Å². The molecule has 1 aromatic carbocycles. The Bertz CT molecular complexity index is 671. The number of hydrogen-bond donors (Lipinski definition) is 1. The van der Waals surface area contributed by atoms with Gasteiger partial charge in [-0.2, -0.15) is 0 Å². The molecule has 2 aromatic rings. The Morgan fingerprint density at radius 2 is 1.86 bits per heavy atom. The van der Waals surface area contributed by atoms with Crippen LogP contribution in [0, 0.1) is 0 Å². The maximum Gasteiger partial charge on any atom is 0.339 e. The largest absolute Gasteiger partial charge is 0.494 e. The van der Waals surface area contributed by atoms with E-state index < -0.39 is 5.97 Å². The van der Waals surface area contributed by atoms with Gasteiger partial charge in [-0.25, -0.2) is 4.79 Å². The van der Waals surface area contributed by atoms with Crippen LogP contribution in [0.1, 0.15) is 20.7 Å². The summed E-state index contributed by atoms with van der Waals surface area (Å²) in [5.74, 6) is -1.24. The lowest BCUT2D eigenvalue weighted by atomic mass is 10.1. The fraction of sp³-hybridized carbons (Fsp3) is 0.133. The Labute approximate surface area is 121 Å². The van der Waals surface area contributed by atoms with E-state index in [2.05, 4.69) is 4.98 Å². The average molecular weight is 286 g/mol. The van der Waals surface area contributed by atoms with Crippen molar-refractivity contribution in [1.82, 2.24) is 4.98 Å². The Morgan fingerprint density at radius 3 is 2.43 bits per heavy atom. The van der Waals surface area contributed by atoms with Gasteiger partial charge in [-0.3, -0.25) is 9.78 Å². The van der Waals surface area contributed by atoms with Gasteiger partial charge in [0.2, 0.25) is 0 Å². The zero-order chi connectivity index (χ0) is 15.4. The van der Waals surface area contributed by atoms with Gasteiger partial charge in [0, 0.05) is 25.0 Å². The van der Waals surface area contributed by atoms with Crippen LogP contribution in [0.4, 0.5) is 5.69 Å². The van der Waals surface area contributed by atoms with Crippen molar-refractivity contribution in [1.29, 1.82) is 0 Å². The molecule has 0 aliphatic carbocycles. The molecule has 21 heavy (non-hydrogen) atoms. The minimum absolute atomic E-state index is 0.00405. The topological polar surface area (TPSA) is 79.7 Å². The second kappa shape index (κ2) is 6.04. The number of aromatic nitrogens is 1. The normalized spacial score (nSPS) is 10.0. The molecule has 0 aliphatic rings. The molecule has 2 rings (SSSR count). The van der Waals surface area contributed by atoms with E-state index in [1.54, 1.807) is 31.3 Å². The quantitative estimate of drug-likeness (QED) is 0.930. The number of carbonyl (C=O) groups excluding carboxylic acids is 1. The molecular weight excluding hydrogens is 272 g/mol. The fourth-order valence-corrected chi connectivity index (χ4v) is 1.97. The molecule has 0 atom stereocenters. The van der Waals surface area contributed by atoms with Crippen LogP contribution in [0.2, 0.25) is 0 Å². The van der Waals surface area contributed by atoms with Crippen molar-refractivity contribution in [3.63, 3.8) is 0 Å². The third kappa shape index (κ3) is 2.84. The van der Waals surface area contributed by atoms with E-state index in [-0.39, 0.29) is 17.2 Å². The van der Waals surface area contributed by atoms with Crippen molar-refractivity contribution in [2.24, 2.45) is 0 Å². The van der Waals surface area contributed by atoms with Gasteiger partial charge in [0.1, 0.15) is 5.56 Å². The van der Waals surface area contributed by atoms with E-state index in [9.17, 15) is 9.59 Å². The number of amides is 1. The molecule has 0 spiro atoms. The summed E-state index contributed by atoms with van der Waals surface area (Å²) in [5.41, 5.74) is 0.846. The smallest absolute Gasteiger partial charge is 0.339 e. The van der Waals surface area contributed by atoms with Crippen LogP contribution in [0.25, 0.3) is 0 Å². The summed E-state index contributed by atoms with van der Waals surface area (Å²) >= 11 is 0. The summed E-state index contributed by atoms with van der Waals surface area (Å²) in [6.45, 7) is 0. The Balaban J connectivity index is 2.44. The first-order chi connectivity index (χ1) is 10.1. The second-order valence-corrected chi connectivity index (χ2v) is 4.26. The van der Waals surface area contributed by atoms with E-state index >= 15 is 0 Å². The number of methoxy groups -OCH3 is 1. The number of benzene rings is 1. The van der Waals surface area contributed by atoms with E-state index in [0.29, 0.717) is 11.3 Å². The van der Waals surface area contributed by atoms with E-state index in [1.165, 1.54) is 30.5 Å². The van der Waals surface area contributed by atoms with Crippen molar-refractivity contribution in [2.45, 2.75) is 0 Å². The van der Waals surface area contributed by atoms with Gasteiger partial charge in [0.15, 0.2) is 5.75 Å². The number of hydrogen-bond acceptors (Lipinski definition) is 4. The van der Waals surface area contributed by atoms with Gasteiger partial charge in [0.05, 0.1) is 12.8 Å². The number of carboxylic acids is 1. The number of aromatic carboxylic acids is 1. The lowest BCUT2D eigenvalue weighted by Gasteiger charge is -2.21. The van der Waals surface area contributed by atoms with Gasteiger partial charge >= 0.3 is 5.97 Å². The van der Waals surface area contributed by atoms with Crippen LogP contribution < -0.4 is 9.64 Å². The molecule has 0 saturated carbocycles. The third-order valence-corrected chi connectivity index (χ3v) is 3.02. The maximum absolute atomic E-state index is 12.4. The van der Waals surface area contributed by atoms with Gasteiger partial charge in [-0.05, 0) is 24.3 Å². The molecule has 6 nitrogen and oxygen atoms in total. The minimum Gasteiger partial charge on any atom is -0.494 e. The standard InChI is InChI=1S/C15H14N2O4/c1-17(14(18)10-6-8-16-9-7-10)12-5-3-4-11(15(19)20)13(12)21-2/h3-9H,1-2H3,(H,19,20). The minimum atomic E-state index is -1.11. The summed E-state index contributed by atoms with van der Waals surface area (Å²) < 4.78 is 5.16. The molecular formula is C15H14N2O4. The van der Waals surface area contributed by atoms with Crippen LogP contribution >= 0.6 is 0 Å². The number of pyridine rings is 1. The predicted molar refractivity (Wildman–Crippen MR) is 76.9 cm³/mol. The zero-order valence-corrected chi connectivity index (χ0v) is 11.6. The first-order valence-electron chi connectivity index (χ1n) is 6.14. The zero-order valence-electron chi connectivity index (χ0n) is 11.6. The third-order valence-electron chi connectivity index (χ3n) is 3.02. The van der Waals surface area contributed by atoms with Gasteiger partial charge < -0.3 is 14.7 Å². The molecule has 0 aliphatic heterocycles. The number of anilines is 1. The highest BCUT2D eigenvalue weighted by atomic mass is 16.5. The molecule has 6 heteroatoms. The maximum atomic E-state index is 12.4. The lowest BCUT2D eigenvalue weighted by molar-refractivity contribution is 0.0693. The molecule has 0 radical (unpaired) electrons. The summed E-state index contributed by atoms with van der Waals surface area (Å²) in [6, 6.07) is 7.80. The Hall–Kier alpha value is -2.89. The van der Waals surface area contributed by atoms with Crippen LogP contribution in [-0.4, -0.2) is 36.1 Å². The Morgan fingerprint density at radius 1 is 1.19 bits per heavy atom. The van der Waals surface area contributed by atoms with Gasteiger partial charge in [0.25, 0.3) is 5.91 Å². The molecule has 1 amide bonds. The summed E-state index contributed by atoms with van der Waals surface area (Å²) in [7, 11) is 2.93. The molecule has 0 bridgehead atoms. The molecule has 0 saturated heterocycles. The second-order valence-electron chi connectivity index (χ2n) is 4.26. The van der Waals surface area contributed by atoms with E-state index in [0.717, 1.165) is 0 Å². The molecule has 1 heterocycles. The number of ether oxygens (including phenoxy) is 1. The van der Waals surface area contributed by atoms with E-state index in [4.69, 9.17) is 9.84 Å². The highest BCUT2D eigenvalue weighted by Gasteiger charge is 2.21. The highest BCUT2D eigenvalue weighted by molar-refractivity contribution is 6.07. The van der Waals surface area contributed by atoms with Gasteiger partial charge in [-0.1, -0.05) is 6.07 Å². The lowest BCUT2D eigenvalue weighted by Crippen LogP contribution is -2.27. The van der Waals surface area contributed by atoms with Crippen LogP contribution in [0.15, 0.2) is 42.7 Å². The first kappa shape index (κ1) is 14.5. The SMILES string of the molecule is COc1c(C(=O)O)cccc1N(C)C(=O)c1ccncc1. The average Bonchev–Trinajstić information content (AvgIpc) is 2.53. The molecule has 1 N–H and O–H groups in total. The first-order valence-corrected chi connectivity index (χ1v) is 6.14. The molecule has 0 fully saturated rings.